The predicted octanol–water partition coefficient (Wildman–Crippen LogP) is 3.18. The van der Waals surface area contributed by atoms with E-state index in [0.717, 1.165) is 38.7 Å². The zero-order valence-corrected chi connectivity index (χ0v) is 50.8. The number of hydrazine groups is 1. The van der Waals surface area contributed by atoms with Crippen LogP contribution in [0.5, 0.6) is 5.75 Å². The van der Waals surface area contributed by atoms with Gasteiger partial charge in [0.15, 0.2) is 5.78 Å². The monoisotopic (exact) mass is 1220 g/mol. The average Bonchev–Trinajstić information content (AvgIpc) is 1.73. The number of amides is 5. The van der Waals surface area contributed by atoms with Gasteiger partial charge in [-0.2, -0.15) is 8.42 Å². The lowest BCUT2D eigenvalue weighted by Gasteiger charge is -2.32. The Balaban J connectivity index is 0.725. The number of carbonyl (C=O) groups excluding carboxylic acids is 6. The minimum absolute atomic E-state index is 0.00472. The van der Waals surface area contributed by atoms with Crippen molar-refractivity contribution in [1.82, 2.24) is 50.8 Å². The Morgan fingerprint density at radius 3 is 2.29 bits per heavy atom. The minimum Gasteiger partial charge on any atom is -0.489 e. The third-order valence-corrected chi connectivity index (χ3v) is 16.4. The van der Waals surface area contributed by atoms with Crippen LogP contribution in [0.15, 0.2) is 77.7 Å². The first kappa shape index (κ1) is 65.0. The van der Waals surface area contributed by atoms with Crippen molar-refractivity contribution >= 4 is 73.1 Å². The topological polar surface area (TPSA) is 333 Å². The van der Waals surface area contributed by atoms with Crippen molar-refractivity contribution in [3.63, 3.8) is 0 Å². The molecular formula is C61H77N11O14S. The first-order valence-corrected chi connectivity index (χ1v) is 30.7. The van der Waals surface area contributed by atoms with Crippen LogP contribution in [-0.2, 0) is 93.0 Å². The lowest BCUT2D eigenvalue weighted by atomic mass is 9.77. The van der Waals surface area contributed by atoms with Crippen molar-refractivity contribution in [2.75, 3.05) is 58.1 Å². The SMILES string of the molecule is CCc1c2c(nc3ccc(OCc4ccc(NC(=O)[C@H](C)NC(=O)[C@@H](NC(=O)CCOCCOCCNC(=O)[C@H](CS(=O)(=O)O)NC(=O)CCn5c(CN(C)NC)cc6cccnc65)C(C)C)cc4)cc13)-c1cc3c(c(=O)n1C2)CCC(=O)[C@]3(O)CC. The summed E-state index contributed by atoms with van der Waals surface area (Å²) < 4.78 is 54.0. The van der Waals surface area contributed by atoms with E-state index in [4.69, 9.17) is 19.2 Å². The van der Waals surface area contributed by atoms with Crippen LogP contribution in [0, 0.1) is 5.92 Å². The van der Waals surface area contributed by atoms with E-state index in [-0.39, 0.29) is 89.1 Å². The fourth-order valence-corrected chi connectivity index (χ4v) is 11.5. The van der Waals surface area contributed by atoms with Gasteiger partial charge in [0.2, 0.25) is 29.5 Å². The number of ketones is 1. The van der Waals surface area contributed by atoms with E-state index >= 15 is 0 Å². The number of benzene rings is 2. The molecule has 0 bridgehead atoms. The molecule has 4 aromatic heterocycles. The molecule has 8 rings (SSSR count). The summed E-state index contributed by atoms with van der Waals surface area (Å²) in [6.45, 7) is 10.2. The molecule has 25 nitrogen and oxygen atoms in total. The first-order chi connectivity index (χ1) is 41.5. The van der Waals surface area contributed by atoms with Crippen LogP contribution in [0.25, 0.3) is 33.3 Å². The number of fused-ring (bicyclic) bond motifs is 6. The molecule has 87 heavy (non-hydrogen) atoms. The van der Waals surface area contributed by atoms with Gasteiger partial charge in [-0.05, 0) is 105 Å². The van der Waals surface area contributed by atoms with Gasteiger partial charge in [0.25, 0.3) is 15.7 Å². The second kappa shape index (κ2) is 28.7. The molecule has 1 aliphatic carbocycles. The van der Waals surface area contributed by atoms with Crippen molar-refractivity contribution in [3.05, 3.63) is 117 Å². The summed E-state index contributed by atoms with van der Waals surface area (Å²) in [4.78, 5) is 102. The van der Waals surface area contributed by atoms with E-state index in [2.05, 4.69) is 37.0 Å². The smallest absolute Gasteiger partial charge is 0.267 e. The number of aliphatic hydroxyl groups is 1. The van der Waals surface area contributed by atoms with Crippen molar-refractivity contribution in [2.24, 2.45) is 5.92 Å². The molecule has 5 heterocycles. The molecule has 466 valence electrons. The first-order valence-electron chi connectivity index (χ1n) is 29.1. The van der Waals surface area contributed by atoms with Gasteiger partial charge in [0.1, 0.15) is 47.5 Å². The fraction of sp³-hybridized carbons (Fsp3) is 0.459. The van der Waals surface area contributed by atoms with Crippen LogP contribution < -0.4 is 42.3 Å². The summed E-state index contributed by atoms with van der Waals surface area (Å²) >= 11 is 0. The standard InChI is InChI=1S/C61H77N11O14S/c1-8-43-45-30-42(16-18-48(45)68-55-46(43)33-72-50(55)31-47-44(60(72)79)17-19-51(73)61(47,80)9-2)86-34-38-12-14-40(15-13-38)66-57(76)37(5)65-59(78)54(36(3)4)69-53(75)21-25-84-27-28-85-26-23-64-58(77)49(35-87(81,82)83)67-52(74)20-24-71-41(32-70(7)62-6)29-39-11-10-22-63-56(39)71/h10-16,18,22,29-31,36-37,49,54,62,80H,8-9,17,19-21,23-28,32-35H2,1-7H3,(H,64,77)(H,65,78)(H,66,76)(H,67,74)(H,69,75)(H,81,82,83)/t37-,49-,54-,61-/m0/s1. The predicted molar refractivity (Wildman–Crippen MR) is 324 cm³/mol. The maximum Gasteiger partial charge on any atom is 0.267 e. The highest BCUT2D eigenvalue weighted by Crippen LogP contribution is 2.41. The molecule has 8 N–H and O–H groups in total. The highest BCUT2D eigenvalue weighted by atomic mass is 32.2. The number of aromatic nitrogens is 4. The zero-order valence-electron chi connectivity index (χ0n) is 50.0. The number of ether oxygens (including phenoxy) is 3. The summed E-state index contributed by atoms with van der Waals surface area (Å²) in [6.07, 6.45) is 2.68. The number of aryl methyl sites for hydroxylation is 2. The van der Waals surface area contributed by atoms with Gasteiger partial charge >= 0.3 is 0 Å². The molecule has 26 heteroatoms. The van der Waals surface area contributed by atoms with Crippen LogP contribution in [0.3, 0.4) is 0 Å². The minimum atomic E-state index is -4.66. The third kappa shape index (κ3) is 15.8. The molecule has 2 aromatic carbocycles. The molecule has 0 saturated heterocycles. The molecular weight excluding hydrogens is 1140 g/mol. The summed E-state index contributed by atoms with van der Waals surface area (Å²) in [5.41, 5.74) is 8.76. The molecule has 4 atom stereocenters. The number of nitrogens with one attached hydrogen (secondary N) is 6. The van der Waals surface area contributed by atoms with Crippen LogP contribution >= 0.6 is 0 Å². The summed E-state index contributed by atoms with van der Waals surface area (Å²) in [7, 11) is -1.03. The molecule has 0 spiro atoms. The summed E-state index contributed by atoms with van der Waals surface area (Å²) in [5, 5.41) is 28.1. The molecule has 5 amide bonds. The average molecular weight is 1220 g/mol. The van der Waals surface area contributed by atoms with Gasteiger partial charge < -0.3 is 55.0 Å². The lowest BCUT2D eigenvalue weighted by Crippen LogP contribution is -2.53. The molecule has 2 aliphatic rings. The van der Waals surface area contributed by atoms with E-state index in [0.29, 0.717) is 65.5 Å². The zero-order chi connectivity index (χ0) is 62.7. The number of pyridine rings is 3. The maximum atomic E-state index is 13.8. The van der Waals surface area contributed by atoms with Crippen molar-refractivity contribution < 1.29 is 61.1 Å². The second-order valence-electron chi connectivity index (χ2n) is 22.1. The highest BCUT2D eigenvalue weighted by Gasteiger charge is 2.43. The largest absolute Gasteiger partial charge is 0.489 e. The highest BCUT2D eigenvalue weighted by molar-refractivity contribution is 7.85. The van der Waals surface area contributed by atoms with Gasteiger partial charge in [-0.25, -0.2) is 15.0 Å². The number of hydrogen-bond donors (Lipinski definition) is 8. The Morgan fingerprint density at radius 2 is 1.59 bits per heavy atom. The van der Waals surface area contributed by atoms with E-state index in [1.165, 1.54) is 6.92 Å². The van der Waals surface area contributed by atoms with E-state index < -0.39 is 69.1 Å². The normalized spacial score (nSPS) is 15.6. The molecule has 0 fully saturated rings. The number of carbonyl (C=O) groups is 6. The van der Waals surface area contributed by atoms with Gasteiger partial charge in [-0.1, -0.05) is 39.8 Å². The van der Waals surface area contributed by atoms with Gasteiger partial charge in [0, 0.05) is 84.4 Å². The Hall–Kier alpha value is -7.98. The summed E-state index contributed by atoms with van der Waals surface area (Å²) in [5.74, 6) is -3.99. The second-order valence-corrected chi connectivity index (χ2v) is 23.6. The number of nitrogens with zero attached hydrogens (tertiary/aromatic N) is 5. The quantitative estimate of drug-likeness (QED) is 0.0182. The Bertz CT molecular complexity index is 3720. The van der Waals surface area contributed by atoms with Crippen molar-refractivity contribution in [2.45, 2.75) is 123 Å². The summed E-state index contributed by atoms with van der Waals surface area (Å²) in [6, 6.07) is 16.6. The van der Waals surface area contributed by atoms with Crippen LogP contribution in [-0.4, -0.2) is 148 Å². The van der Waals surface area contributed by atoms with E-state index in [1.807, 2.05) is 66.0 Å². The van der Waals surface area contributed by atoms with E-state index in [1.54, 1.807) is 62.8 Å². The van der Waals surface area contributed by atoms with Crippen molar-refractivity contribution in [1.29, 1.82) is 0 Å². The molecule has 0 saturated carbocycles. The van der Waals surface area contributed by atoms with Gasteiger partial charge in [-0.15, -0.1) is 0 Å². The molecule has 0 unspecified atom stereocenters. The third-order valence-electron chi connectivity index (χ3n) is 15.7. The van der Waals surface area contributed by atoms with Gasteiger partial charge in [0.05, 0.1) is 56.4 Å². The number of rotatable bonds is 30. The Morgan fingerprint density at radius 1 is 0.851 bits per heavy atom. The molecule has 1 aliphatic heterocycles. The fourth-order valence-electron chi connectivity index (χ4n) is 10.8. The van der Waals surface area contributed by atoms with Crippen LogP contribution in [0.4, 0.5) is 5.69 Å². The number of Topliss-reactive ketones (excluding diaryl/α,β-unsaturated/α-hetero) is 1. The lowest BCUT2D eigenvalue weighted by molar-refractivity contribution is -0.140. The van der Waals surface area contributed by atoms with Crippen LogP contribution in [0.1, 0.15) is 93.8 Å². The molecule has 6 aromatic rings. The van der Waals surface area contributed by atoms with Crippen molar-refractivity contribution in [3.8, 4) is 17.1 Å². The molecule has 0 radical (unpaired) electrons. The number of hydrogen-bond acceptors (Lipinski definition) is 17. The van der Waals surface area contributed by atoms with Crippen LogP contribution in [0.2, 0.25) is 0 Å². The Kier molecular flexibility index (Phi) is 21.4. The maximum absolute atomic E-state index is 13.8. The van der Waals surface area contributed by atoms with Gasteiger partial charge in [-0.3, -0.25) is 43.5 Å². The van der Waals surface area contributed by atoms with E-state index in [9.17, 15) is 51.6 Å². The Labute approximate surface area is 504 Å². The number of anilines is 1.